The molecule has 1 fully saturated rings. The van der Waals surface area contributed by atoms with E-state index in [1.807, 2.05) is 25.1 Å². The van der Waals surface area contributed by atoms with Crippen molar-refractivity contribution in [2.45, 2.75) is 44.9 Å². The third-order valence-electron chi connectivity index (χ3n) is 5.85. The Morgan fingerprint density at radius 3 is 2.77 bits per heavy atom. The molecule has 3 heterocycles. The second kappa shape index (κ2) is 6.97. The summed E-state index contributed by atoms with van der Waals surface area (Å²) in [5, 5.41) is 4.62. The third kappa shape index (κ3) is 3.26. The Balaban J connectivity index is 1.39. The summed E-state index contributed by atoms with van der Waals surface area (Å²) >= 11 is 0. The number of pyridine rings is 1. The molecule has 1 aliphatic rings. The fraction of sp³-hybridized carbons (Fsp3) is 0.318. The maximum atomic E-state index is 15.2. The lowest BCUT2D eigenvalue weighted by Crippen LogP contribution is -2.42. The molecular weight excluding hydrogens is 401 g/mol. The van der Waals surface area contributed by atoms with Gasteiger partial charge in [0.25, 0.3) is 5.56 Å². The lowest BCUT2D eigenvalue weighted by atomic mass is 9.72. The Hall–Kier alpha value is -3.62. The predicted octanol–water partition coefficient (Wildman–Crippen LogP) is 2.81. The van der Waals surface area contributed by atoms with Gasteiger partial charge in [-0.1, -0.05) is 29.8 Å². The van der Waals surface area contributed by atoms with Crippen molar-refractivity contribution in [3.05, 3.63) is 86.3 Å². The number of nitrogens with zero attached hydrogens (tertiary/aromatic N) is 5. The summed E-state index contributed by atoms with van der Waals surface area (Å²) in [5.41, 5.74) is 0.932. The van der Waals surface area contributed by atoms with Gasteiger partial charge in [-0.2, -0.15) is 4.68 Å². The molecule has 0 aliphatic heterocycles. The molecule has 4 aromatic rings. The second-order valence-electron chi connectivity index (χ2n) is 8.11. The van der Waals surface area contributed by atoms with E-state index in [2.05, 4.69) is 15.1 Å². The van der Waals surface area contributed by atoms with E-state index in [-0.39, 0.29) is 30.8 Å². The van der Waals surface area contributed by atoms with Gasteiger partial charge in [0.05, 0.1) is 11.4 Å². The zero-order valence-corrected chi connectivity index (χ0v) is 17.1. The van der Waals surface area contributed by atoms with Crippen LogP contribution in [0.15, 0.2) is 56.9 Å². The highest BCUT2D eigenvalue weighted by atomic mass is 19.1. The van der Waals surface area contributed by atoms with Gasteiger partial charge in [-0.25, -0.2) is 19.2 Å². The van der Waals surface area contributed by atoms with Crippen molar-refractivity contribution in [2.24, 2.45) is 0 Å². The van der Waals surface area contributed by atoms with E-state index >= 15 is 4.39 Å². The van der Waals surface area contributed by atoms with Crippen LogP contribution >= 0.6 is 0 Å². The number of aromatic nitrogens is 5. The molecule has 8 nitrogen and oxygen atoms in total. The number of rotatable bonds is 4. The van der Waals surface area contributed by atoms with Crippen LogP contribution in [0.25, 0.3) is 11.0 Å². The topological polar surface area (TPSA) is 95.8 Å². The monoisotopic (exact) mass is 421 g/mol. The molecular formula is C22H20FN5O3. The summed E-state index contributed by atoms with van der Waals surface area (Å²) in [7, 11) is 0. The number of hydrogen-bond donors (Lipinski definition) is 0. The zero-order valence-electron chi connectivity index (χ0n) is 17.1. The minimum atomic E-state index is -1.49. The molecule has 0 atom stereocenters. The predicted molar refractivity (Wildman–Crippen MR) is 111 cm³/mol. The van der Waals surface area contributed by atoms with Crippen LogP contribution in [-0.4, -0.2) is 24.3 Å². The summed E-state index contributed by atoms with van der Waals surface area (Å²) < 4.78 is 23.0. The molecule has 0 radical (unpaired) electrons. The first-order valence-corrected chi connectivity index (χ1v) is 9.99. The fourth-order valence-corrected chi connectivity index (χ4v) is 4.13. The lowest BCUT2D eigenvalue weighted by molar-refractivity contribution is 0.00174. The molecule has 9 heteroatoms. The Morgan fingerprint density at radius 2 is 2.00 bits per heavy atom. The minimum Gasteiger partial charge on any atom is -0.390 e. The number of fused-ring (bicyclic) bond motifs is 1. The van der Waals surface area contributed by atoms with Crippen molar-refractivity contribution in [1.29, 1.82) is 0 Å². The van der Waals surface area contributed by atoms with E-state index < -0.39 is 17.5 Å². The normalized spacial score (nSPS) is 20.7. The number of alkyl halides is 1. The van der Waals surface area contributed by atoms with Crippen LogP contribution in [0, 0.1) is 13.8 Å². The van der Waals surface area contributed by atoms with E-state index in [9.17, 15) is 9.59 Å². The number of hydrogen-bond acceptors (Lipinski definition) is 6. The molecule has 3 aromatic heterocycles. The van der Waals surface area contributed by atoms with Gasteiger partial charge >= 0.3 is 5.76 Å². The van der Waals surface area contributed by atoms with Crippen LogP contribution in [0.5, 0.6) is 0 Å². The van der Waals surface area contributed by atoms with Crippen LogP contribution in [0.3, 0.4) is 0 Å². The first-order chi connectivity index (χ1) is 14.8. The molecule has 1 saturated carbocycles. The van der Waals surface area contributed by atoms with Gasteiger partial charge in [0.15, 0.2) is 5.65 Å². The van der Waals surface area contributed by atoms with Crippen molar-refractivity contribution in [3.8, 4) is 0 Å². The molecule has 0 saturated heterocycles. The van der Waals surface area contributed by atoms with E-state index in [1.165, 1.54) is 15.6 Å². The largest absolute Gasteiger partial charge is 0.437 e. The number of benzene rings is 1. The highest BCUT2D eigenvalue weighted by molar-refractivity contribution is 5.76. The fourth-order valence-electron chi connectivity index (χ4n) is 4.13. The van der Waals surface area contributed by atoms with Gasteiger partial charge in [-0.15, -0.1) is 5.10 Å². The molecule has 1 aromatic carbocycles. The second-order valence-corrected chi connectivity index (χ2v) is 8.11. The lowest BCUT2D eigenvalue weighted by Gasteiger charge is -2.41. The third-order valence-corrected chi connectivity index (χ3v) is 5.85. The molecule has 0 bridgehead atoms. The maximum Gasteiger partial charge on any atom is 0.437 e. The van der Waals surface area contributed by atoms with Crippen molar-refractivity contribution < 1.29 is 8.81 Å². The average Bonchev–Trinajstić information content (AvgIpc) is 3.07. The Morgan fingerprint density at radius 1 is 1.19 bits per heavy atom. The molecule has 1 aliphatic carbocycles. The SMILES string of the molecule is Cc1cccc(C2(F)CC(n3nc(Cn4cnc5nccc(C)c5c4=O)oc3=O)C2)c1. The Bertz CT molecular complexity index is 1410. The van der Waals surface area contributed by atoms with Crippen LogP contribution < -0.4 is 11.3 Å². The highest BCUT2D eigenvalue weighted by Gasteiger charge is 2.48. The van der Waals surface area contributed by atoms with E-state index in [0.29, 0.717) is 16.6 Å². The quantitative estimate of drug-likeness (QED) is 0.503. The van der Waals surface area contributed by atoms with Gasteiger partial charge in [-0.3, -0.25) is 9.36 Å². The van der Waals surface area contributed by atoms with Crippen molar-refractivity contribution >= 4 is 11.0 Å². The van der Waals surface area contributed by atoms with E-state index in [4.69, 9.17) is 4.42 Å². The standard InChI is InChI=1S/C22H20FN5O3/c1-13-4-3-5-15(8-13)22(23)9-16(10-22)28-21(30)31-17(26-28)11-27-12-25-19-18(20(27)29)14(2)6-7-24-19/h3-8,12,16H,9-11H2,1-2H3. The van der Waals surface area contributed by atoms with Crippen molar-refractivity contribution in [2.75, 3.05) is 0 Å². The van der Waals surface area contributed by atoms with Gasteiger partial charge in [0.2, 0.25) is 5.89 Å². The first-order valence-electron chi connectivity index (χ1n) is 9.99. The number of halogens is 1. The van der Waals surface area contributed by atoms with Crippen LogP contribution in [-0.2, 0) is 12.2 Å². The minimum absolute atomic E-state index is 0.0519. The molecule has 31 heavy (non-hydrogen) atoms. The Kier molecular flexibility index (Phi) is 4.35. The highest BCUT2D eigenvalue weighted by Crippen LogP contribution is 2.51. The van der Waals surface area contributed by atoms with Crippen molar-refractivity contribution in [1.82, 2.24) is 24.3 Å². The van der Waals surface area contributed by atoms with E-state index in [1.54, 1.807) is 25.3 Å². The van der Waals surface area contributed by atoms with Gasteiger partial charge < -0.3 is 4.42 Å². The number of aryl methyl sites for hydroxylation is 2. The molecule has 0 amide bonds. The summed E-state index contributed by atoms with van der Waals surface area (Å²) in [6, 6.07) is 8.66. The summed E-state index contributed by atoms with van der Waals surface area (Å²) in [4.78, 5) is 33.4. The van der Waals surface area contributed by atoms with Gasteiger partial charge in [0.1, 0.15) is 18.5 Å². The van der Waals surface area contributed by atoms with Gasteiger partial charge in [-0.05, 0) is 31.0 Å². The zero-order chi connectivity index (χ0) is 21.8. The molecule has 158 valence electrons. The smallest absolute Gasteiger partial charge is 0.390 e. The average molecular weight is 421 g/mol. The molecule has 0 unspecified atom stereocenters. The summed E-state index contributed by atoms with van der Waals surface area (Å²) in [6.45, 7) is 3.67. The summed E-state index contributed by atoms with van der Waals surface area (Å²) in [5.74, 6) is -0.590. The summed E-state index contributed by atoms with van der Waals surface area (Å²) in [6.07, 6.45) is 3.23. The molecule has 0 N–H and O–H groups in total. The van der Waals surface area contributed by atoms with E-state index in [0.717, 1.165) is 11.1 Å². The Labute approximate surface area is 176 Å². The van der Waals surface area contributed by atoms with Crippen molar-refractivity contribution in [3.63, 3.8) is 0 Å². The van der Waals surface area contributed by atoms with Crippen LogP contribution in [0.1, 0.15) is 41.5 Å². The first kappa shape index (κ1) is 19.3. The maximum absolute atomic E-state index is 15.2. The van der Waals surface area contributed by atoms with Gasteiger partial charge in [0, 0.05) is 19.0 Å². The van der Waals surface area contributed by atoms with Crippen LogP contribution in [0.4, 0.5) is 4.39 Å². The molecule has 0 spiro atoms. The molecule has 5 rings (SSSR count). The van der Waals surface area contributed by atoms with Crippen LogP contribution in [0.2, 0.25) is 0 Å².